The number of amides is 1. The van der Waals surface area contributed by atoms with E-state index in [0.29, 0.717) is 6.61 Å². The third kappa shape index (κ3) is 6.19. The second kappa shape index (κ2) is 11.3. The molecule has 4 rings (SSSR count). The highest BCUT2D eigenvalue weighted by Gasteiger charge is 2.29. The molecule has 0 aromatic heterocycles. The fourth-order valence-electron chi connectivity index (χ4n) is 4.52. The number of esters is 1. The van der Waals surface area contributed by atoms with Gasteiger partial charge in [-0.15, -0.1) is 0 Å². The summed E-state index contributed by atoms with van der Waals surface area (Å²) in [6.45, 7) is 3.04. The second-order valence-electron chi connectivity index (χ2n) is 9.10. The molecule has 0 radical (unpaired) electrons. The highest BCUT2D eigenvalue weighted by atomic mass is 16.5. The van der Waals surface area contributed by atoms with Crippen LogP contribution in [0.3, 0.4) is 0 Å². The number of hydrogen-bond donors (Lipinski definition) is 1. The van der Waals surface area contributed by atoms with E-state index in [2.05, 4.69) is 22.3 Å². The quantitative estimate of drug-likeness (QED) is 0.591. The van der Waals surface area contributed by atoms with E-state index < -0.39 is 0 Å². The van der Waals surface area contributed by atoms with E-state index in [4.69, 9.17) is 4.74 Å². The summed E-state index contributed by atoms with van der Waals surface area (Å²) in [6.07, 6.45) is 5.74. The van der Waals surface area contributed by atoms with Gasteiger partial charge in [0.15, 0.2) is 0 Å². The lowest BCUT2D eigenvalue weighted by Crippen LogP contribution is -2.40. The van der Waals surface area contributed by atoms with Crippen LogP contribution >= 0.6 is 0 Å². The lowest BCUT2D eigenvalue weighted by molar-refractivity contribution is -0.151. The first kappa shape index (κ1) is 22.5. The zero-order valence-electron chi connectivity index (χ0n) is 18.7. The van der Waals surface area contributed by atoms with E-state index in [1.807, 2.05) is 48.5 Å². The lowest BCUT2D eigenvalue weighted by atomic mass is 9.84. The Kier molecular flexibility index (Phi) is 7.94. The molecule has 0 bridgehead atoms. The van der Waals surface area contributed by atoms with Crippen molar-refractivity contribution in [3.05, 3.63) is 71.8 Å². The zero-order valence-corrected chi connectivity index (χ0v) is 18.7. The molecular weight excluding hydrogens is 400 g/mol. The number of ether oxygens (including phenoxy) is 1. The first-order valence-corrected chi connectivity index (χ1v) is 12.0. The highest BCUT2D eigenvalue weighted by molar-refractivity contribution is 5.79. The molecule has 2 fully saturated rings. The van der Waals surface area contributed by atoms with Gasteiger partial charge in [-0.25, -0.2) is 0 Å². The van der Waals surface area contributed by atoms with Crippen LogP contribution in [0.1, 0.15) is 55.7 Å². The van der Waals surface area contributed by atoms with Crippen LogP contribution in [0, 0.1) is 11.8 Å². The van der Waals surface area contributed by atoms with Crippen LogP contribution in [0.25, 0.3) is 0 Å². The summed E-state index contributed by atoms with van der Waals surface area (Å²) in [7, 11) is 0. The molecular formula is C27H34N2O3. The van der Waals surface area contributed by atoms with E-state index in [9.17, 15) is 9.59 Å². The Labute approximate surface area is 191 Å². The highest BCUT2D eigenvalue weighted by Crippen LogP contribution is 2.28. The molecule has 1 atom stereocenters. The largest absolute Gasteiger partial charge is 0.461 e. The number of benzene rings is 2. The SMILES string of the molecule is O=C(N[C@@H](CCN1CCC(C(=O)OCc2ccccc2)CC1)c1ccccc1)C1CCC1. The van der Waals surface area contributed by atoms with Crippen molar-refractivity contribution in [1.82, 2.24) is 10.2 Å². The van der Waals surface area contributed by atoms with Gasteiger partial charge in [-0.05, 0) is 56.3 Å². The maximum Gasteiger partial charge on any atom is 0.309 e. The molecule has 1 amide bonds. The van der Waals surface area contributed by atoms with Crippen LogP contribution in [-0.2, 0) is 20.9 Å². The van der Waals surface area contributed by atoms with Crippen molar-refractivity contribution in [2.24, 2.45) is 11.8 Å². The molecule has 170 valence electrons. The Hall–Kier alpha value is -2.66. The Bertz CT molecular complexity index is 859. The van der Waals surface area contributed by atoms with Gasteiger partial charge in [0.1, 0.15) is 6.61 Å². The van der Waals surface area contributed by atoms with Gasteiger partial charge < -0.3 is 15.0 Å². The molecule has 2 aromatic rings. The number of nitrogens with one attached hydrogen (secondary N) is 1. The van der Waals surface area contributed by atoms with Gasteiger partial charge in [0, 0.05) is 12.5 Å². The van der Waals surface area contributed by atoms with Crippen molar-refractivity contribution in [3.8, 4) is 0 Å². The maximum absolute atomic E-state index is 12.6. The Balaban J connectivity index is 1.23. The van der Waals surface area contributed by atoms with Gasteiger partial charge in [0.25, 0.3) is 0 Å². The van der Waals surface area contributed by atoms with Gasteiger partial charge in [0.2, 0.25) is 5.91 Å². The second-order valence-corrected chi connectivity index (χ2v) is 9.10. The first-order chi connectivity index (χ1) is 15.7. The van der Waals surface area contributed by atoms with E-state index in [0.717, 1.165) is 63.7 Å². The predicted molar refractivity (Wildman–Crippen MR) is 125 cm³/mol. The van der Waals surface area contributed by atoms with Crippen molar-refractivity contribution < 1.29 is 14.3 Å². The first-order valence-electron chi connectivity index (χ1n) is 12.0. The smallest absolute Gasteiger partial charge is 0.309 e. The molecule has 1 saturated heterocycles. The summed E-state index contributed by atoms with van der Waals surface area (Å²) in [5.41, 5.74) is 2.19. The van der Waals surface area contributed by atoms with Crippen LogP contribution in [-0.4, -0.2) is 36.4 Å². The summed E-state index contributed by atoms with van der Waals surface area (Å²) in [5.74, 6) is 0.297. The van der Waals surface area contributed by atoms with Gasteiger partial charge in [0.05, 0.1) is 12.0 Å². The summed E-state index contributed by atoms with van der Waals surface area (Å²) >= 11 is 0. The molecule has 1 aliphatic heterocycles. The maximum atomic E-state index is 12.6. The summed E-state index contributed by atoms with van der Waals surface area (Å²) in [6, 6.07) is 20.1. The number of nitrogens with zero attached hydrogens (tertiary/aromatic N) is 1. The molecule has 0 unspecified atom stereocenters. The summed E-state index contributed by atoms with van der Waals surface area (Å²) in [4.78, 5) is 27.4. The van der Waals surface area contributed by atoms with Crippen LogP contribution in [0.15, 0.2) is 60.7 Å². The zero-order chi connectivity index (χ0) is 22.2. The van der Waals surface area contributed by atoms with Crippen LogP contribution < -0.4 is 5.32 Å². The van der Waals surface area contributed by atoms with Crippen LogP contribution in [0.2, 0.25) is 0 Å². The standard InChI is InChI=1S/C27H34N2O3/c30-26(23-12-7-13-23)28-25(22-10-5-2-6-11-22)16-19-29-17-14-24(15-18-29)27(31)32-20-21-8-3-1-4-9-21/h1-6,8-11,23-25H,7,12-20H2,(H,28,30)/t25-/m0/s1. The Morgan fingerprint density at radius 2 is 1.56 bits per heavy atom. The molecule has 1 aliphatic carbocycles. The molecule has 2 aliphatic rings. The molecule has 1 heterocycles. The number of carbonyl (C=O) groups is 2. The van der Waals surface area contributed by atoms with E-state index in [1.165, 1.54) is 5.56 Å². The van der Waals surface area contributed by atoms with Crippen LogP contribution in [0.4, 0.5) is 0 Å². The average molecular weight is 435 g/mol. The minimum absolute atomic E-state index is 0.0156. The third-order valence-electron chi connectivity index (χ3n) is 6.87. The van der Waals surface area contributed by atoms with Crippen molar-refractivity contribution in [2.75, 3.05) is 19.6 Å². The minimum Gasteiger partial charge on any atom is -0.461 e. The predicted octanol–water partition coefficient (Wildman–Crippen LogP) is 4.49. The van der Waals surface area contributed by atoms with Gasteiger partial charge in [-0.2, -0.15) is 0 Å². The van der Waals surface area contributed by atoms with E-state index in [1.54, 1.807) is 0 Å². The number of rotatable bonds is 9. The Morgan fingerprint density at radius 3 is 2.19 bits per heavy atom. The van der Waals surface area contributed by atoms with Gasteiger partial charge in [-0.1, -0.05) is 67.1 Å². The average Bonchev–Trinajstić information content (AvgIpc) is 2.80. The third-order valence-corrected chi connectivity index (χ3v) is 6.87. The minimum atomic E-state index is -0.0802. The fourth-order valence-corrected chi connectivity index (χ4v) is 4.52. The van der Waals surface area contributed by atoms with Gasteiger partial charge >= 0.3 is 5.97 Å². The van der Waals surface area contributed by atoms with E-state index in [-0.39, 0.29) is 29.8 Å². The van der Waals surface area contributed by atoms with E-state index >= 15 is 0 Å². The van der Waals surface area contributed by atoms with Crippen LogP contribution in [0.5, 0.6) is 0 Å². The van der Waals surface area contributed by atoms with Crippen molar-refractivity contribution >= 4 is 11.9 Å². The van der Waals surface area contributed by atoms with Crippen molar-refractivity contribution in [1.29, 1.82) is 0 Å². The topological polar surface area (TPSA) is 58.6 Å². The number of piperidine rings is 1. The van der Waals surface area contributed by atoms with Gasteiger partial charge in [-0.3, -0.25) is 9.59 Å². The van der Waals surface area contributed by atoms with Crippen molar-refractivity contribution in [2.45, 2.75) is 51.2 Å². The number of likely N-dealkylation sites (tertiary alicyclic amines) is 1. The van der Waals surface area contributed by atoms with Crippen molar-refractivity contribution in [3.63, 3.8) is 0 Å². The molecule has 5 heteroatoms. The molecule has 2 aromatic carbocycles. The monoisotopic (exact) mass is 434 g/mol. The molecule has 5 nitrogen and oxygen atoms in total. The molecule has 32 heavy (non-hydrogen) atoms. The fraction of sp³-hybridized carbons (Fsp3) is 0.481. The molecule has 0 spiro atoms. The number of hydrogen-bond acceptors (Lipinski definition) is 4. The summed E-state index contributed by atoms with van der Waals surface area (Å²) in [5, 5.41) is 3.29. The normalized spacial score (nSPS) is 18.5. The number of carbonyl (C=O) groups excluding carboxylic acids is 2. The Morgan fingerprint density at radius 1 is 0.906 bits per heavy atom. The molecule has 1 N–H and O–H groups in total. The lowest BCUT2D eigenvalue weighted by Gasteiger charge is -2.33. The molecule has 1 saturated carbocycles. The summed E-state index contributed by atoms with van der Waals surface area (Å²) < 4.78 is 5.54.